The van der Waals surface area contributed by atoms with E-state index in [-0.39, 0.29) is 23.8 Å². The summed E-state index contributed by atoms with van der Waals surface area (Å²) in [5.74, 6) is -0.113. The van der Waals surface area contributed by atoms with Crippen molar-refractivity contribution in [1.82, 2.24) is 5.32 Å². The molecule has 0 saturated carbocycles. The zero-order chi connectivity index (χ0) is 16.8. The van der Waals surface area contributed by atoms with Gasteiger partial charge in [0, 0.05) is 18.0 Å². The third-order valence-electron chi connectivity index (χ3n) is 3.15. The Morgan fingerprint density at radius 3 is 2.78 bits per heavy atom. The molecule has 2 rings (SSSR count). The molecule has 2 unspecified atom stereocenters. The number of hydrogen-bond acceptors (Lipinski definition) is 4. The lowest BCUT2D eigenvalue weighted by Gasteiger charge is -2.17. The first-order valence-electron chi connectivity index (χ1n) is 7.03. The second kappa shape index (κ2) is 7.73. The number of hydrogen-bond donors (Lipinski definition) is 2. The van der Waals surface area contributed by atoms with Gasteiger partial charge in [0.1, 0.15) is 17.6 Å². The third kappa shape index (κ3) is 5.07. The molecule has 23 heavy (non-hydrogen) atoms. The third-order valence-corrected chi connectivity index (χ3v) is 3.15. The Bertz CT molecular complexity index is 631. The quantitative estimate of drug-likeness (QED) is 0.820. The van der Waals surface area contributed by atoms with Crippen LogP contribution in [0.5, 0.6) is 5.75 Å². The average Bonchev–Trinajstić information content (AvgIpc) is 3.00. The molecule has 124 valence electrons. The molecule has 0 aliphatic carbocycles. The molecule has 1 heterocycles. The molecule has 0 radical (unpaired) electrons. The summed E-state index contributed by atoms with van der Waals surface area (Å²) >= 11 is 0. The number of carbonyl (C=O) groups is 1. The van der Waals surface area contributed by atoms with Crippen LogP contribution in [0.2, 0.25) is 0 Å². The molecule has 0 spiro atoms. The molecular formula is C16H17F2NO4. The number of halogens is 2. The van der Waals surface area contributed by atoms with Crippen LogP contribution in [0.4, 0.5) is 8.78 Å². The Morgan fingerprint density at radius 1 is 1.35 bits per heavy atom. The topological polar surface area (TPSA) is 71.7 Å². The number of ether oxygens (including phenoxy) is 1. The highest BCUT2D eigenvalue weighted by Gasteiger charge is 2.17. The lowest BCUT2D eigenvalue weighted by molar-refractivity contribution is -0.0498. The largest absolute Gasteiger partial charge is 0.467 e. The number of amides is 1. The lowest BCUT2D eigenvalue weighted by Crippen LogP contribution is -2.33. The van der Waals surface area contributed by atoms with E-state index in [1.807, 2.05) is 0 Å². The van der Waals surface area contributed by atoms with Gasteiger partial charge in [-0.1, -0.05) is 6.07 Å². The first-order valence-corrected chi connectivity index (χ1v) is 7.03. The van der Waals surface area contributed by atoms with Crippen molar-refractivity contribution in [2.45, 2.75) is 32.1 Å². The van der Waals surface area contributed by atoms with E-state index in [2.05, 4.69) is 10.1 Å². The minimum absolute atomic E-state index is 0.0871. The predicted octanol–water partition coefficient (Wildman–Crippen LogP) is 3.12. The summed E-state index contributed by atoms with van der Waals surface area (Å²) in [6.45, 7) is -1.22. The SMILES string of the molecule is CC(CC(O)c1ccco1)NC(=O)c1cccc(OC(F)F)c1. The molecular weight excluding hydrogens is 308 g/mol. The highest BCUT2D eigenvalue weighted by molar-refractivity contribution is 5.94. The normalized spacial score (nSPS) is 13.6. The number of carbonyl (C=O) groups excluding carboxylic acids is 1. The predicted molar refractivity (Wildman–Crippen MR) is 78.3 cm³/mol. The number of benzene rings is 1. The van der Waals surface area contributed by atoms with Crippen molar-refractivity contribution < 1.29 is 27.8 Å². The van der Waals surface area contributed by atoms with Gasteiger partial charge in [-0.3, -0.25) is 4.79 Å². The monoisotopic (exact) mass is 325 g/mol. The summed E-state index contributed by atoms with van der Waals surface area (Å²) < 4.78 is 33.7. The summed E-state index contributed by atoms with van der Waals surface area (Å²) in [4.78, 5) is 12.1. The van der Waals surface area contributed by atoms with Crippen LogP contribution < -0.4 is 10.1 Å². The number of nitrogens with one attached hydrogen (secondary N) is 1. The zero-order valence-corrected chi connectivity index (χ0v) is 12.4. The molecule has 0 saturated heterocycles. The van der Waals surface area contributed by atoms with E-state index in [4.69, 9.17) is 4.42 Å². The number of rotatable bonds is 7. The first-order chi connectivity index (χ1) is 11.0. The van der Waals surface area contributed by atoms with Crippen LogP contribution in [0.15, 0.2) is 47.1 Å². The molecule has 0 aliphatic heterocycles. The smallest absolute Gasteiger partial charge is 0.387 e. The van der Waals surface area contributed by atoms with Gasteiger partial charge >= 0.3 is 6.61 Å². The molecule has 0 aliphatic rings. The summed E-state index contributed by atoms with van der Waals surface area (Å²) in [5, 5.41) is 12.6. The van der Waals surface area contributed by atoms with E-state index in [0.717, 1.165) is 0 Å². The fourth-order valence-corrected chi connectivity index (χ4v) is 2.11. The van der Waals surface area contributed by atoms with Gasteiger partial charge in [0.05, 0.1) is 6.26 Å². The first kappa shape index (κ1) is 17.0. The van der Waals surface area contributed by atoms with Crippen LogP contribution in [-0.2, 0) is 0 Å². The van der Waals surface area contributed by atoms with Gasteiger partial charge in [0.15, 0.2) is 0 Å². The van der Waals surface area contributed by atoms with Crippen molar-refractivity contribution in [2.75, 3.05) is 0 Å². The van der Waals surface area contributed by atoms with Crippen molar-refractivity contribution in [3.8, 4) is 5.75 Å². The Hall–Kier alpha value is -2.41. The summed E-state index contributed by atoms with van der Waals surface area (Å²) in [5.41, 5.74) is 0.197. The molecule has 2 N–H and O–H groups in total. The van der Waals surface area contributed by atoms with Gasteiger partial charge in [-0.05, 0) is 37.3 Å². The summed E-state index contributed by atoms with van der Waals surface area (Å²) in [6.07, 6.45) is 0.872. The maximum atomic E-state index is 12.2. The second-order valence-corrected chi connectivity index (χ2v) is 5.05. The van der Waals surface area contributed by atoms with Gasteiger partial charge in [-0.25, -0.2) is 0 Å². The van der Waals surface area contributed by atoms with Crippen molar-refractivity contribution in [3.05, 3.63) is 54.0 Å². The van der Waals surface area contributed by atoms with Crippen molar-refractivity contribution in [2.24, 2.45) is 0 Å². The van der Waals surface area contributed by atoms with E-state index in [1.165, 1.54) is 30.5 Å². The fraction of sp³-hybridized carbons (Fsp3) is 0.312. The van der Waals surface area contributed by atoms with E-state index < -0.39 is 18.6 Å². The second-order valence-electron chi connectivity index (χ2n) is 5.05. The van der Waals surface area contributed by atoms with Crippen molar-refractivity contribution >= 4 is 5.91 Å². The number of aliphatic hydroxyl groups excluding tert-OH is 1. The van der Waals surface area contributed by atoms with Gasteiger partial charge in [-0.15, -0.1) is 0 Å². The lowest BCUT2D eigenvalue weighted by atomic mass is 10.1. The highest BCUT2D eigenvalue weighted by Crippen LogP contribution is 2.19. The minimum atomic E-state index is -2.95. The van der Waals surface area contributed by atoms with Crippen LogP contribution in [0.1, 0.15) is 35.6 Å². The molecule has 0 bridgehead atoms. The van der Waals surface area contributed by atoms with Crippen LogP contribution in [0.25, 0.3) is 0 Å². The Labute approximate surface area is 131 Å². The number of aliphatic hydroxyl groups is 1. The number of alkyl halides is 2. The van der Waals surface area contributed by atoms with Crippen molar-refractivity contribution in [1.29, 1.82) is 0 Å². The number of furan rings is 1. The zero-order valence-electron chi connectivity index (χ0n) is 12.4. The standard InChI is InChI=1S/C16H17F2NO4/c1-10(8-13(20)14-6-3-7-22-14)19-15(21)11-4-2-5-12(9-11)23-16(17)18/h2-7,9-10,13,16,20H,8H2,1H3,(H,19,21). The van der Waals surface area contributed by atoms with E-state index in [0.29, 0.717) is 5.76 Å². The summed E-state index contributed by atoms with van der Waals surface area (Å²) in [6, 6.07) is 8.48. The van der Waals surface area contributed by atoms with Gasteiger partial charge < -0.3 is 19.6 Å². The van der Waals surface area contributed by atoms with Crippen molar-refractivity contribution in [3.63, 3.8) is 0 Å². The van der Waals surface area contributed by atoms with Gasteiger partial charge in [0.2, 0.25) is 0 Å². The highest BCUT2D eigenvalue weighted by atomic mass is 19.3. The van der Waals surface area contributed by atoms with Gasteiger partial charge in [-0.2, -0.15) is 8.78 Å². The van der Waals surface area contributed by atoms with Crippen LogP contribution >= 0.6 is 0 Å². The summed E-state index contributed by atoms with van der Waals surface area (Å²) in [7, 11) is 0. The maximum Gasteiger partial charge on any atom is 0.387 e. The van der Waals surface area contributed by atoms with Gasteiger partial charge in [0.25, 0.3) is 5.91 Å². The molecule has 1 amide bonds. The Balaban J connectivity index is 1.93. The molecule has 2 atom stereocenters. The minimum Gasteiger partial charge on any atom is -0.467 e. The maximum absolute atomic E-state index is 12.2. The average molecular weight is 325 g/mol. The molecule has 7 heteroatoms. The Morgan fingerprint density at radius 2 is 2.13 bits per heavy atom. The molecule has 5 nitrogen and oxygen atoms in total. The molecule has 1 aromatic carbocycles. The van der Waals surface area contributed by atoms with E-state index in [1.54, 1.807) is 19.1 Å². The van der Waals surface area contributed by atoms with E-state index >= 15 is 0 Å². The van der Waals surface area contributed by atoms with Crippen LogP contribution in [-0.4, -0.2) is 23.7 Å². The fourth-order valence-electron chi connectivity index (χ4n) is 2.11. The van der Waals surface area contributed by atoms with Crippen LogP contribution in [0, 0.1) is 0 Å². The molecule has 2 aromatic rings. The van der Waals surface area contributed by atoms with Crippen LogP contribution in [0.3, 0.4) is 0 Å². The molecule has 0 fully saturated rings. The Kier molecular flexibility index (Phi) is 5.70. The van der Waals surface area contributed by atoms with E-state index in [9.17, 15) is 18.7 Å². The molecule has 1 aromatic heterocycles.